The number of phenolic OH excluding ortho intramolecular Hbond substituents is 1. The van der Waals surface area contributed by atoms with Crippen LogP contribution in [0.4, 0.5) is 0 Å². The Hall–Kier alpha value is -2.93. The van der Waals surface area contributed by atoms with E-state index in [9.17, 15) is 9.90 Å². The summed E-state index contributed by atoms with van der Waals surface area (Å²) >= 11 is 3.39. The van der Waals surface area contributed by atoms with Crippen molar-refractivity contribution in [1.29, 1.82) is 0 Å². The summed E-state index contributed by atoms with van der Waals surface area (Å²) in [5.41, 5.74) is 1.51. The molecule has 0 fully saturated rings. The molecule has 7 heteroatoms. The van der Waals surface area contributed by atoms with Gasteiger partial charge in [0.2, 0.25) is 5.89 Å². The maximum absolute atomic E-state index is 12.5. The molecule has 2 aromatic heterocycles. The number of nitrogens with zero attached hydrogens (tertiary/aromatic N) is 2. The lowest BCUT2D eigenvalue weighted by Crippen LogP contribution is -2.03. The molecule has 0 radical (unpaired) electrons. The Morgan fingerprint density at radius 3 is 2.50 bits per heavy atom. The molecule has 0 aliphatic rings. The van der Waals surface area contributed by atoms with E-state index in [1.165, 1.54) is 12.5 Å². The lowest BCUT2D eigenvalue weighted by molar-refractivity contribution is 0.464. The number of hydrogen-bond donors (Lipinski definition) is 1. The van der Waals surface area contributed by atoms with E-state index >= 15 is 0 Å². The molecule has 1 N–H and O–H groups in total. The van der Waals surface area contributed by atoms with Gasteiger partial charge in [-0.15, -0.1) is 10.2 Å². The number of aromatic nitrogens is 2. The van der Waals surface area contributed by atoms with Crippen LogP contribution in [0.15, 0.2) is 60.6 Å². The van der Waals surface area contributed by atoms with Crippen LogP contribution in [0.25, 0.3) is 33.9 Å². The van der Waals surface area contributed by atoms with Gasteiger partial charge < -0.3 is 13.9 Å². The molecule has 2 aromatic carbocycles. The summed E-state index contributed by atoms with van der Waals surface area (Å²) in [7, 11) is 0. The summed E-state index contributed by atoms with van der Waals surface area (Å²) in [5, 5.41) is 19.1. The minimum Gasteiger partial charge on any atom is -0.508 e. The normalized spacial score (nSPS) is 11.3. The number of phenols is 1. The van der Waals surface area contributed by atoms with Gasteiger partial charge in [0.1, 0.15) is 16.9 Å². The Kier molecular flexibility index (Phi) is 5.99. The molecule has 4 aromatic rings. The zero-order valence-electron chi connectivity index (χ0n) is 16.5. The first kappa shape index (κ1) is 20.3. The highest BCUT2D eigenvalue weighted by Crippen LogP contribution is 2.29. The molecule has 0 unspecified atom stereocenters. The van der Waals surface area contributed by atoms with Gasteiger partial charge in [0, 0.05) is 21.5 Å². The molecule has 0 spiro atoms. The topological polar surface area (TPSA) is 89.4 Å². The summed E-state index contributed by atoms with van der Waals surface area (Å²) in [6, 6.07) is 12.5. The largest absolute Gasteiger partial charge is 0.508 e. The number of hydrogen-bond acceptors (Lipinski definition) is 6. The lowest BCUT2D eigenvalue weighted by atomic mass is 10.0. The second-order valence-corrected chi connectivity index (χ2v) is 8.11. The van der Waals surface area contributed by atoms with Crippen LogP contribution < -0.4 is 5.63 Å². The van der Waals surface area contributed by atoms with E-state index < -0.39 is 5.63 Å². The highest BCUT2D eigenvalue weighted by atomic mass is 79.9. The summed E-state index contributed by atoms with van der Waals surface area (Å²) in [6.45, 7) is 2.16. The van der Waals surface area contributed by atoms with Crippen molar-refractivity contribution in [2.45, 2.75) is 39.0 Å². The van der Waals surface area contributed by atoms with Gasteiger partial charge in [-0.25, -0.2) is 4.79 Å². The van der Waals surface area contributed by atoms with Gasteiger partial charge in [-0.3, -0.25) is 0 Å². The first-order valence-corrected chi connectivity index (χ1v) is 10.7. The average Bonchev–Trinajstić information content (AvgIpc) is 3.21. The first-order valence-electron chi connectivity index (χ1n) is 9.94. The number of fused-ring (bicyclic) bond motifs is 1. The lowest BCUT2D eigenvalue weighted by Gasteiger charge is -2.07. The minimum absolute atomic E-state index is 0.0983. The maximum atomic E-state index is 12.5. The fourth-order valence-electron chi connectivity index (χ4n) is 3.34. The standard InChI is InChI=1S/C23H21BrN2O4/c1-2-3-4-5-6-15-11-16-12-18(23(28)29-20(16)13-19(15)27)22-26-25-21(30-22)14-7-9-17(24)10-8-14/h7-13,27H,2-6H2,1H3. The van der Waals surface area contributed by atoms with Crippen molar-refractivity contribution < 1.29 is 13.9 Å². The summed E-state index contributed by atoms with van der Waals surface area (Å²) in [6.07, 6.45) is 5.21. The molecule has 4 rings (SSSR count). The summed E-state index contributed by atoms with van der Waals surface area (Å²) < 4.78 is 12.1. The van der Waals surface area contributed by atoms with Crippen molar-refractivity contribution in [3.8, 4) is 28.7 Å². The fraction of sp³-hybridized carbons (Fsp3) is 0.261. The van der Waals surface area contributed by atoms with Crippen molar-refractivity contribution >= 4 is 26.9 Å². The summed E-state index contributed by atoms with van der Waals surface area (Å²) in [5.74, 6) is 0.561. The quantitative estimate of drug-likeness (QED) is 0.260. The highest BCUT2D eigenvalue weighted by Gasteiger charge is 2.17. The monoisotopic (exact) mass is 468 g/mol. The van der Waals surface area contributed by atoms with E-state index in [2.05, 4.69) is 33.1 Å². The van der Waals surface area contributed by atoms with E-state index in [-0.39, 0.29) is 17.2 Å². The zero-order valence-corrected chi connectivity index (χ0v) is 18.1. The molecule has 0 aliphatic heterocycles. The molecule has 154 valence electrons. The summed E-state index contributed by atoms with van der Waals surface area (Å²) in [4.78, 5) is 12.5. The number of benzene rings is 2. The number of unbranched alkanes of at least 4 members (excludes halogenated alkanes) is 3. The Balaban J connectivity index is 1.67. The smallest absolute Gasteiger partial charge is 0.349 e. The van der Waals surface area contributed by atoms with Crippen LogP contribution in [0.5, 0.6) is 5.75 Å². The van der Waals surface area contributed by atoms with Crippen LogP contribution in [0.1, 0.15) is 38.2 Å². The fourth-order valence-corrected chi connectivity index (χ4v) is 3.60. The molecule has 0 aliphatic carbocycles. The average molecular weight is 469 g/mol. The van der Waals surface area contributed by atoms with Gasteiger partial charge >= 0.3 is 5.63 Å². The van der Waals surface area contributed by atoms with Gasteiger partial charge in [0.25, 0.3) is 5.89 Å². The predicted octanol–water partition coefficient (Wildman–Crippen LogP) is 6.10. The van der Waals surface area contributed by atoms with Crippen LogP contribution in [0.3, 0.4) is 0 Å². The van der Waals surface area contributed by atoms with Crippen LogP contribution in [-0.4, -0.2) is 15.3 Å². The second-order valence-electron chi connectivity index (χ2n) is 7.20. The van der Waals surface area contributed by atoms with Crippen LogP contribution >= 0.6 is 15.9 Å². The van der Waals surface area contributed by atoms with Crippen molar-refractivity contribution in [2.24, 2.45) is 0 Å². The van der Waals surface area contributed by atoms with Crippen LogP contribution in [-0.2, 0) is 6.42 Å². The Bertz CT molecular complexity index is 1230. The molecule has 0 bridgehead atoms. The van der Waals surface area contributed by atoms with E-state index in [0.29, 0.717) is 16.9 Å². The Labute approximate surface area is 181 Å². The van der Waals surface area contributed by atoms with Gasteiger partial charge in [-0.1, -0.05) is 42.1 Å². The van der Waals surface area contributed by atoms with E-state index in [1.807, 2.05) is 30.3 Å². The van der Waals surface area contributed by atoms with Crippen LogP contribution in [0, 0.1) is 0 Å². The number of aryl methyl sites for hydroxylation is 1. The van der Waals surface area contributed by atoms with Gasteiger partial charge in [0.05, 0.1) is 0 Å². The highest BCUT2D eigenvalue weighted by molar-refractivity contribution is 9.10. The molecule has 2 heterocycles. The van der Waals surface area contributed by atoms with Gasteiger partial charge in [-0.05, 0) is 54.8 Å². The molecule has 0 saturated heterocycles. The maximum Gasteiger partial charge on any atom is 0.349 e. The van der Waals surface area contributed by atoms with Crippen molar-refractivity contribution in [3.05, 3.63) is 62.9 Å². The molecule has 0 atom stereocenters. The molecule has 0 amide bonds. The molecule has 30 heavy (non-hydrogen) atoms. The number of aromatic hydroxyl groups is 1. The molecule has 0 saturated carbocycles. The third-order valence-electron chi connectivity index (χ3n) is 4.98. The zero-order chi connectivity index (χ0) is 21.1. The third kappa shape index (κ3) is 4.31. The van der Waals surface area contributed by atoms with E-state index in [0.717, 1.165) is 41.3 Å². The third-order valence-corrected chi connectivity index (χ3v) is 5.51. The van der Waals surface area contributed by atoms with Crippen molar-refractivity contribution in [3.63, 3.8) is 0 Å². The Morgan fingerprint density at radius 2 is 1.73 bits per heavy atom. The van der Waals surface area contributed by atoms with E-state index in [4.69, 9.17) is 8.83 Å². The van der Waals surface area contributed by atoms with Gasteiger partial charge in [-0.2, -0.15) is 0 Å². The predicted molar refractivity (Wildman–Crippen MR) is 118 cm³/mol. The number of rotatable bonds is 7. The molecule has 6 nitrogen and oxygen atoms in total. The SMILES string of the molecule is CCCCCCc1cc2cc(-c3nnc(-c4ccc(Br)cc4)o3)c(=O)oc2cc1O. The Morgan fingerprint density at radius 1 is 0.967 bits per heavy atom. The van der Waals surface area contributed by atoms with Gasteiger partial charge in [0.15, 0.2) is 0 Å². The first-order chi connectivity index (χ1) is 14.5. The van der Waals surface area contributed by atoms with E-state index in [1.54, 1.807) is 6.07 Å². The van der Waals surface area contributed by atoms with Crippen LogP contribution in [0.2, 0.25) is 0 Å². The molecular weight excluding hydrogens is 448 g/mol. The second kappa shape index (κ2) is 8.83. The molecular formula is C23H21BrN2O4. The van der Waals surface area contributed by atoms with Crippen molar-refractivity contribution in [2.75, 3.05) is 0 Å². The number of halogens is 1. The minimum atomic E-state index is -0.594. The van der Waals surface area contributed by atoms with Crippen molar-refractivity contribution in [1.82, 2.24) is 10.2 Å².